The first-order chi connectivity index (χ1) is 10.9. The maximum Gasteiger partial charge on any atom is 0.143 e. The first-order valence-electron chi connectivity index (χ1n) is 7.55. The number of hydrogen-bond donors (Lipinski definition) is 0. The molecule has 0 bridgehead atoms. The van der Waals surface area contributed by atoms with Crippen molar-refractivity contribution in [3.8, 4) is 10.7 Å². The van der Waals surface area contributed by atoms with E-state index in [9.17, 15) is 4.79 Å². The average molecular weight is 351 g/mol. The molecule has 4 nitrogen and oxygen atoms in total. The van der Waals surface area contributed by atoms with Crippen molar-refractivity contribution >= 4 is 34.5 Å². The minimum absolute atomic E-state index is 0.115. The van der Waals surface area contributed by atoms with E-state index in [1.807, 2.05) is 24.5 Å². The molecule has 0 amide bonds. The standard InChI is InChI=1S/C17H22N2O2S2/c1-10(2)16-19-14(9-23-16)17-18-13(8-22-17)6-7-15(21-5)11(3)12(4)20/h6-11,15H,1-5H3/b7-6+. The maximum absolute atomic E-state index is 11.5. The van der Waals surface area contributed by atoms with E-state index in [4.69, 9.17) is 4.74 Å². The number of rotatable bonds is 7. The third-order valence-corrected chi connectivity index (χ3v) is 5.65. The van der Waals surface area contributed by atoms with Gasteiger partial charge in [-0.15, -0.1) is 22.7 Å². The Hall–Kier alpha value is -1.37. The lowest BCUT2D eigenvalue weighted by atomic mass is 10.00. The van der Waals surface area contributed by atoms with Gasteiger partial charge in [-0.2, -0.15) is 0 Å². The Kier molecular flexibility index (Phi) is 6.21. The number of ether oxygens (including phenoxy) is 1. The van der Waals surface area contributed by atoms with Gasteiger partial charge in [0.15, 0.2) is 0 Å². The number of methoxy groups -OCH3 is 1. The van der Waals surface area contributed by atoms with Crippen LogP contribution in [0.3, 0.4) is 0 Å². The Morgan fingerprint density at radius 2 is 1.96 bits per heavy atom. The van der Waals surface area contributed by atoms with Gasteiger partial charge in [0.1, 0.15) is 16.5 Å². The van der Waals surface area contributed by atoms with Crippen molar-refractivity contribution in [3.63, 3.8) is 0 Å². The predicted molar refractivity (Wildman–Crippen MR) is 97.0 cm³/mol. The summed E-state index contributed by atoms with van der Waals surface area (Å²) >= 11 is 3.25. The van der Waals surface area contributed by atoms with E-state index in [2.05, 4.69) is 29.2 Å². The Bertz CT molecular complexity index is 688. The lowest BCUT2D eigenvalue weighted by Gasteiger charge is -2.16. The van der Waals surface area contributed by atoms with Crippen molar-refractivity contribution in [1.29, 1.82) is 0 Å². The van der Waals surface area contributed by atoms with Crippen molar-refractivity contribution in [2.75, 3.05) is 7.11 Å². The molecule has 0 radical (unpaired) electrons. The Labute approximate surface area is 145 Å². The lowest BCUT2D eigenvalue weighted by Crippen LogP contribution is -2.23. The van der Waals surface area contributed by atoms with Crippen LogP contribution in [0.15, 0.2) is 16.8 Å². The molecule has 0 aliphatic carbocycles. The number of hydrogen-bond acceptors (Lipinski definition) is 6. The molecule has 2 aromatic rings. The summed E-state index contributed by atoms with van der Waals surface area (Å²) in [7, 11) is 1.61. The van der Waals surface area contributed by atoms with Crippen LogP contribution in [0.5, 0.6) is 0 Å². The topological polar surface area (TPSA) is 52.1 Å². The van der Waals surface area contributed by atoms with Crippen LogP contribution >= 0.6 is 22.7 Å². The molecule has 0 aliphatic heterocycles. The van der Waals surface area contributed by atoms with Crippen molar-refractivity contribution < 1.29 is 9.53 Å². The maximum atomic E-state index is 11.5. The van der Waals surface area contributed by atoms with E-state index in [1.54, 1.807) is 36.7 Å². The van der Waals surface area contributed by atoms with Crippen LogP contribution in [-0.4, -0.2) is 29.0 Å². The predicted octanol–water partition coefficient (Wildman–Crippen LogP) is 4.64. The van der Waals surface area contributed by atoms with Gasteiger partial charge >= 0.3 is 0 Å². The summed E-state index contributed by atoms with van der Waals surface area (Å²) in [5.41, 5.74) is 1.80. The summed E-state index contributed by atoms with van der Waals surface area (Å²) in [6.07, 6.45) is 3.57. The molecule has 0 saturated heterocycles. The van der Waals surface area contributed by atoms with Gasteiger partial charge in [-0.25, -0.2) is 9.97 Å². The summed E-state index contributed by atoms with van der Waals surface area (Å²) in [5, 5.41) is 6.09. The summed E-state index contributed by atoms with van der Waals surface area (Å²) in [6.45, 7) is 7.73. The molecule has 0 N–H and O–H groups in total. The van der Waals surface area contributed by atoms with Crippen molar-refractivity contribution in [2.45, 2.75) is 39.7 Å². The quantitative estimate of drug-likeness (QED) is 0.730. The van der Waals surface area contributed by atoms with Gasteiger partial charge in [0.25, 0.3) is 0 Å². The molecular weight excluding hydrogens is 328 g/mol. The first-order valence-corrected chi connectivity index (χ1v) is 9.31. The summed E-state index contributed by atoms with van der Waals surface area (Å²) in [4.78, 5) is 20.7. The number of Topliss-reactive ketones (excluding diaryl/α,β-unsaturated/α-hetero) is 1. The normalized spacial score (nSPS) is 14.5. The molecule has 0 spiro atoms. The highest BCUT2D eigenvalue weighted by Gasteiger charge is 2.18. The van der Waals surface area contributed by atoms with Crippen molar-refractivity contribution in [2.24, 2.45) is 5.92 Å². The zero-order chi connectivity index (χ0) is 17.0. The molecule has 124 valence electrons. The number of carbonyl (C=O) groups is 1. The zero-order valence-corrected chi connectivity index (χ0v) is 15.7. The third-order valence-electron chi connectivity index (χ3n) is 3.62. The fourth-order valence-electron chi connectivity index (χ4n) is 2.01. The van der Waals surface area contributed by atoms with Gasteiger partial charge in [0.05, 0.1) is 16.8 Å². The first kappa shape index (κ1) is 18.0. The molecule has 2 aromatic heterocycles. The molecule has 0 aromatic carbocycles. The second-order valence-electron chi connectivity index (χ2n) is 5.76. The average Bonchev–Trinajstić information content (AvgIpc) is 3.16. The lowest BCUT2D eigenvalue weighted by molar-refractivity contribution is -0.123. The molecule has 2 heterocycles. The number of thiazole rings is 2. The highest BCUT2D eigenvalue weighted by molar-refractivity contribution is 7.14. The minimum atomic E-state index is -0.232. The van der Waals surface area contributed by atoms with Gasteiger partial charge in [-0.3, -0.25) is 4.79 Å². The number of nitrogens with zero attached hydrogens (tertiary/aromatic N) is 2. The van der Waals surface area contributed by atoms with Crippen LogP contribution in [0, 0.1) is 5.92 Å². The highest BCUT2D eigenvalue weighted by Crippen LogP contribution is 2.28. The molecule has 2 atom stereocenters. The summed E-state index contributed by atoms with van der Waals surface area (Å²) < 4.78 is 5.37. The number of carbonyl (C=O) groups excluding carboxylic acids is 1. The molecule has 0 saturated carbocycles. The molecule has 2 unspecified atom stereocenters. The van der Waals surface area contributed by atoms with Gasteiger partial charge in [-0.1, -0.05) is 26.8 Å². The summed E-state index contributed by atoms with van der Waals surface area (Å²) in [5.74, 6) is 0.384. The second kappa shape index (κ2) is 7.95. The van der Waals surface area contributed by atoms with E-state index in [1.165, 1.54) is 0 Å². The molecule has 6 heteroatoms. The van der Waals surface area contributed by atoms with Crippen LogP contribution in [0.2, 0.25) is 0 Å². The Morgan fingerprint density at radius 3 is 2.52 bits per heavy atom. The molecule has 0 fully saturated rings. The van der Waals surface area contributed by atoms with Gasteiger partial charge in [0, 0.05) is 29.7 Å². The Balaban J connectivity index is 2.12. The smallest absolute Gasteiger partial charge is 0.143 e. The monoisotopic (exact) mass is 350 g/mol. The zero-order valence-electron chi connectivity index (χ0n) is 14.1. The third kappa shape index (κ3) is 4.56. The van der Waals surface area contributed by atoms with Crippen molar-refractivity contribution in [1.82, 2.24) is 9.97 Å². The van der Waals surface area contributed by atoms with Crippen LogP contribution in [-0.2, 0) is 9.53 Å². The molecule has 2 rings (SSSR count). The van der Waals surface area contributed by atoms with E-state index in [0.29, 0.717) is 5.92 Å². The molecule has 23 heavy (non-hydrogen) atoms. The van der Waals surface area contributed by atoms with Crippen LogP contribution < -0.4 is 0 Å². The van der Waals surface area contributed by atoms with E-state index in [-0.39, 0.29) is 17.8 Å². The van der Waals surface area contributed by atoms with Gasteiger partial charge in [-0.05, 0) is 13.0 Å². The van der Waals surface area contributed by atoms with Crippen LogP contribution in [0.4, 0.5) is 0 Å². The largest absolute Gasteiger partial charge is 0.377 e. The highest BCUT2D eigenvalue weighted by atomic mass is 32.1. The molecular formula is C17H22N2O2S2. The van der Waals surface area contributed by atoms with Gasteiger partial charge in [0.2, 0.25) is 0 Å². The van der Waals surface area contributed by atoms with Crippen molar-refractivity contribution in [3.05, 3.63) is 27.5 Å². The molecule has 0 aliphatic rings. The number of aromatic nitrogens is 2. The fourth-order valence-corrected chi connectivity index (χ4v) is 3.65. The SMILES string of the molecule is COC(/C=C/c1csc(-c2csc(C(C)C)n2)n1)C(C)C(C)=O. The minimum Gasteiger partial charge on any atom is -0.377 e. The van der Waals surface area contributed by atoms with Crippen LogP contribution in [0.1, 0.15) is 44.3 Å². The van der Waals surface area contributed by atoms with E-state index in [0.717, 1.165) is 21.4 Å². The fraction of sp³-hybridized carbons (Fsp3) is 0.471. The van der Waals surface area contributed by atoms with Crippen LogP contribution in [0.25, 0.3) is 16.8 Å². The second-order valence-corrected chi connectivity index (χ2v) is 7.51. The Morgan fingerprint density at radius 1 is 1.22 bits per heavy atom. The van der Waals surface area contributed by atoms with Gasteiger partial charge < -0.3 is 4.74 Å². The van der Waals surface area contributed by atoms with E-state index < -0.39 is 0 Å². The summed E-state index contributed by atoms with van der Waals surface area (Å²) in [6, 6.07) is 0. The van der Waals surface area contributed by atoms with E-state index >= 15 is 0 Å². The number of ketones is 1.